The van der Waals surface area contributed by atoms with E-state index in [4.69, 9.17) is 4.74 Å². The molecule has 2 aromatic heterocycles. The van der Waals surface area contributed by atoms with Gasteiger partial charge in [0.25, 0.3) is 5.56 Å². The molecule has 1 atom stereocenters. The highest BCUT2D eigenvalue weighted by Gasteiger charge is 2.24. The van der Waals surface area contributed by atoms with Crippen LogP contribution in [0.4, 0.5) is 5.69 Å². The third kappa shape index (κ3) is 4.22. The van der Waals surface area contributed by atoms with Gasteiger partial charge in [0.15, 0.2) is 0 Å². The van der Waals surface area contributed by atoms with E-state index in [9.17, 15) is 9.59 Å². The van der Waals surface area contributed by atoms with Crippen LogP contribution >= 0.6 is 0 Å². The average molecular weight is 438 g/mol. The molecule has 8 heteroatoms. The number of carbonyl (C=O) groups excluding carboxylic acids is 1. The third-order valence-corrected chi connectivity index (χ3v) is 6.37. The van der Waals surface area contributed by atoms with Crippen LogP contribution in [0.2, 0.25) is 0 Å². The Morgan fingerprint density at radius 1 is 1.31 bits per heavy atom. The Morgan fingerprint density at radius 2 is 2.09 bits per heavy atom. The first-order valence-corrected chi connectivity index (χ1v) is 11.1. The van der Waals surface area contributed by atoms with Crippen molar-refractivity contribution in [3.63, 3.8) is 0 Å². The fourth-order valence-corrected chi connectivity index (χ4v) is 4.80. The summed E-state index contributed by atoms with van der Waals surface area (Å²) in [6.07, 6.45) is 2.62. The van der Waals surface area contributed by atoms with E-state index in [-0.39, 0.29) is 23.9 Å². The molecule has 2 N–H and O–H groups in total. The molecule has 0 saturated carbocycles. The van der Waals surface area contributed by atoms with E-state index < -0.39 is 0 Å². The number of nitrogens with one attached hydrogen (secondary N) is 2. The van der Waals surface area contributed by atoms with Crippen LogP contribution in [0.1, 0.15) is 36.1 Å². The molecule has 1 fully saturated rings. The van der Waals surface area contributed by atoms with Crippen molar-refractivity contribution >= 4 is 22.6 Å². The van der Waals surface area contributed by atoms with Crippen LogP contribution in [0.25, 0.3) is 11.0 Å². The van der Waals surface area contributed by atoms with Crippen LogP contribution in [-0.4, -0.2) is 46.9 Å². The fourth-order valence-electron chi connectivity index (χ4n) is 4.80. The van der Waals surface area contributed by atoms with E-state index >= 15 is 0 Å². The van der Waals surface area contributed by atoms with E-state index in [2.05, 4.69) is 26.4 Å². The summed E-state index contributed by atoms with van der Waals surface area (Å²) in [6.45, 7) is 5.55. The topological polar surface area (TPSA) is 92.2 Å². The smallest absolute Gasteiger partial charge is 0.253 e. The summed E-state index contributed by atoms with van der Waals surface area (Å²) in [4.78, 5) is 30.5. The standard InChI is InChI=1S/C24H31N5O3/c1-15-18(24(31)26-23-22(15)16(2)27-28(23)3)11-12-21(30)25-17-8-7-13-29(14-17)19-9-5-6-10-20(19)32-4/h5-6,9-10,17H,7-8,11-14H2,1-4H3,(H,25,30)(H,26,31). The van der Waals surface area contributed by atoms with E-state index in [1.807, 2.05) is 39.1 Å². The normalized spacial score (nSPS) is 16.4. The van der Waals surface area contributed by atoms with Crippen molar-refractivity contribution in [2.45, 2.75) is 45.6 Å². The van der Waals surface area contributed by atoms with Crippen molar-refractivity contribution in [1.82, 2.24) is 20.1 Å². The minimum absolute atomic E-state index is 0.0290. The van der Waals surface area contributed by atoms with E-state index in [0.717, 1.165) is 59.7 Å². The van der Waals surface area contributed by atoms with Gasteiger partial charge in [0.05, 0.1) is 18.5 Å². The molecule has 0 radical (unpaired) electrons. The Morgan fingerprint density at radius 3 is 2.88 bits per heavy atom. The van der Waals surface area contributed by atoms with Crippen molar-refractivity contribution in [3.05, 3.63) is 51.4 Å². The third-order valence-electron chi connectivity index (χ3n) is 6.37. The highest BCUT2D eigenvalue weighted by Crippen LogP contribution is 2.30. The first-order chi connectivity index (χ1) is 15.4. The van der Waals surface area contributed by atoms with Crippen LogP contribution in [0.3, 0.4) is 0 Å². The van der Waals surface area contributed by atoms with E-state index in [0.29, 0.717) is 12.0 Å². The molecule has 4 rings (SSSR count). The van der Waals surface area contributed by atoms with Gasteiger partial charge < -0.3 is 19.9 Å². The molecule has 3 aromatic rings. The lowest BCUT2D eigenvalue weighted by molar-refractivity contribution is -0.121. The van der Waals surface area contributed by atoms with E-state index in [1.54, 1.807) is 11.8 Å². The highest BCUT2D eigenvalue weighted by molar-refractivity contribution is 5.83. The number of carbonyl (C=O) groups is 1. The number of pyridine rings is 1. The zero-order valence-corrected chi connectivity index (χ0v) is 19.2. The maximum atomic E-state index is 12.7. The van der Waals surface area contributed by atoms with Crippen LogP contribution < -0.4 is 20.5 Å². The van der Waals surface area contributed by atoms with Gasteiger partial charge in [-0.1, -0.05) is 12.1 Å². The second kappa shape index (κ2) is 9.06. The lowest BCUT2D eigenvalue weighted by atomic mass is 10.0. The largest absolute Gasteiger partial charge is 0.495 e. The summed E-state index contributed by atoms with van der Waals surface area (Å²) >= 11 is 0. The minimum Gasteiger partial charge on any atom is -0.495 e. The molecule has 0 bridgehead atoms. The molecule has 32 heavy (non-hydrogen) atoms. The SMILES string of the molecule is COc1ccccc1N1CCCC(NC(=O)CCc2c(C)c3c(C)nn(C)c3[nH]c2=O)C1. The molecule has 0 spiro atoms. The van der Waals surface area contributed by atoms with Crippen molar-refractivity contribution < 1.29 is 9.53 Å². The number of fused-ring (bicyclic) bond motifs is 1. The zero-order valence-electron chi connectivity index (χ0n) is 19.2. The molecular formula is C24H31N5O3. The maximum absolute atomic E-state index is 12.7. The number of para-hydroxylation sites is 2. The van der Waals surface area contributed by atoms with Gasteiger partial charge in [0.1, 0.15) is 11.4 Å². The predicted molar refractivity (Wildman–Crippen MR) is 126 cm³/mol. The number of hydrogen-bond acceptors (Lipinski definition) is 5. The van der Waals surface area contributed by atoms with E-state index in [1.165, 1.54) is 0 Å². The number of hydrogen-bond donors (Lipinski definition) is 2. The molecule has 1 aromatic carbocycles. The molecule has 1 saturated heterocycles. The minimum atomic E-state index is -0.147. The Balaban J connectivity index is 1.41. The van der Waals surface area contributed by atoms with Crippen LogP contribution in [-0.2, 0) is 18.3 Å². The molecule has 1 unspecified atom stereocenters. The number of rotatable bonds is 6. The monoisotopic (exact) mass is 437 g/mol. The summed E-state index contributed by atoms with van der Waals surface area (Å²) in [5.74, 6) is 0.814. The number of amides is 1. The Bertz CT molecular complexity index is 1200. The number of H-pyrrole nitrogens is 1. The quantitative estimate of drug-likeness (QED) is 0.619. The second-order valence-corrected chi connectivity index (χ2v) is 8.51. The van der Waals surface area contributed by atoms with Gasteiger partial charge in [0.2, 0.25) is 5.91 Å². The summed E-state index contributed by atoms with van der Waals surface area (Å²) in [6, 6.07) is 8.04. The summed E-state index contributed by atoms with van der Waals surface area (Å²) < 4.78 is 7.18. The first kappa shape index (κ1) is 21.9. The lowest BCUT2D eigenvalue weighted by Gasteiger charge is -2.35. The van der Waals surface area contributed by atoms with Crippen LogP contribution in [0, 0.1) is 13.8 Å². The molecule has 0 aliphatic carbocycles. The number of aromatic nitrogens is 3. The first-order valence-electron chi connectivity index (χ1n) is 11.1. The average Bonchev–Trinajstić information content (AvgIpc) is 3.06. The van der Waals surface area contributed by atoms with Gasteiger partial charge in [-0.3, -0.25) is 14.3 Å². The Kier molecular flexibility index (Phi) is 6.21. The summed E-state index contributed by atoms with van der Waals surface area (Å²) in [5, 5.41) is 8.53. The van der Waals surface area contributed by atoms with Crippen molar-refractivity contribution in [1.29, 1.82) is 0 Å². The zero-order chi connectivity index (χ0) is 22.8. The lowest BCUT2D eigenvalue weighted by Crippen LogP contribution is -2.48. The summed E-state index contributed by atoms with van der Waals surface area (Å²) in [7, 11) is 3.49. The van der Waals surface area contributed by atoms with Crippen molar-refractivity contribution in [2.75, 3.05) is 25.1 Å². The van der Waals surface area contributed by atoms with Crippen molar-refractivity contribution in [3.8, 4) is 5.75 Å². The molecule has 1 amide bonds. The highest BCUT2D eigenvalue weighted by atomic mass is 16.5. The van der Waals surface area contributed by atoms with Gasteiger partial charge >= 0.3 is 0 Å². The van der Waals surface area contributed by atoms with Crippen molar-refractivity contribution in [2.24, 2.45) is 7.05 Å². The number of benzene rings is 1. The van der Waals surface area contributed by atoms with Crippen LogP contribution in [0.5, 0.6) is 5.75 Å². The van der Waals surface area contributed by atoms with Gasteiger partial charge in [0, 0.05) is 43.5 Å². The van der Waals surface area contributed by atoms with Gasteiger partial charge in [-0.2, -0.15) is 5.10 Å². The molecule has 1 aliphatic rings. The Labute approximate surface area is 187 Å². The fraction of sp³-hybridized carbons (Fsp3) is 0.458. The van der Waals surface area contributed by atoms with Gasteiger partial charge in [-0.05, 0) is 50.8 Å². The van der Waals surface area contributed by atoms with Gasteiger partial charge in [-0.25, -0.2) is 0 Å². The number of nitrogens with zero attached hydrogens (tertiary/aromatic N) is 3. The maximum Gasteiger partial charge on any atom is 0.253 e. The molecule has 8 nitrogen and oxygen atoms in total. The number of methoxy groups -OCH3 is 1. The molecular weight excluding hydrogens is 406 g/mol. The predicted octanol–water partition coefficient (Wildman–Crippen LogP) is 2.60. The number of anilines is 1. The molecule has 170 valence electrons. The number of aromatic amines is 1. The second-order valence-electron chi connectivity index (χ2n) is 8.51. The van der Waals surface area contributed by atoms with Crippen LogP contribution in [0.15, 0.2) is 29.1 Å². The summed E-state index contributed by atoms with van der Waals surface area (Å²) in [5.41, 5.74) is 4.06. The molecule has 1 aliphatic heterocycles. The number of piperidine rings is 1. The number of ether oxygens (including phenoxy) is 1. The number of aryl methyl sites for hydroxylation is 3. The molecule has 3 heterocycles. The Hall–Kier alpha value is -3.29. The van der Waals surface area contributed by atoms with Gasteiger partial charge in [-0.15, -0.1) is 0 Å².